The molecule has 1 spiro atoms. The summed E-state index contributed by atoms with van der Waals surface area (Å²) in [5.74, 6) is -0.188. The van der Waals surface area contributed by atoms with Crippen molar-refractivity contribution >= 4 is 0 Å². The Kier molecular flexibility index (Phi) is 4.45. The lowest BCUT2D eigenvalue weighted by Crippen LogP contribution is -2.32. The molecule has 1 aromatic rings. The number of benzene rings is 1. The van der Waals surface area contributed by atoms with E-state index >= 15 is 0 Å². The highest BCUT2D eigenvalue weighted by Gasteiger charge is 2.40. The fourth-order valence-corrected chi connectivity index (χ4v) is 3.52. The van der Waals surface area contributed by atoms with Gasteiger partial charge in [0.25, 0.3) is 0 Å². The van der Waals surface area contributed by atoms with Gasteiger partial charge in [0, 0.05) is 0 Å². The second-order valence-corrected chi connectivity index (χ2v) is 6.26. The lowest BCUT2D eigenvalue weighted by atomic mass is 9.83. The largest absolute Gasteiger partial charge is 0.488 e. The summed E-state index contributed by atoms with van der Waals surface area (Å²) in [5, 5.41) is 8.97. The van der Waals surface area contributed by atoms with Gasteiger partial charge in [-0.3, -0.25) is 0 Å². The second kappa shape index (κ2) is 6.32. The quantitative estimate of drug-likeness (QED) is 0.922. The molecule has 1 saturated heterocycles. The minimum absolute atomic E-state index is 0.0695. The molecule has 1 saturated carbocycles. The second-order valence-electron chi connectivity index (χ2n) is 6.26. The topological polar surface area (TPSA) is 38.7 Å². The van der Waals surface area contributed by atoms with Crippen LogP contribution < -0.4 is 4.74 Å². The van der Waals surface area contributed by atoms with Gasteiger partial charge in [-0.2, -0.15) is 0 Å². The molecule has 1 unspecified atom stereocenters. The van der Waals surface area contributed by atoms with Gasteiger partial charge in [-0.25, -0.2) is 4.39 Å². The number of halogens is 1. The van der Waals surface area contributed by atoms with Crippen LogP contribution in [0.3, 0.4) is 0 Å². The van der Waals surface area contributed by atoms with Crippen molar-refractivity contribution < 1.29 is 19.0 Å². The first kappa shape index (κ1) is 14.8. The molecule has 1 N–H and O–H groups in total. The van der Waals surface area contributed by atoms with E-state index in [1.807, 2.05) is 0 Å². The molecule has 21 heavy (non-hydrogen) atoms. The first-order chi connectivity index (χ1) is 10.2. The zero-order valence-corrected chi connectivity index (χ0v) is 12.3. The van der Waals surface area contributed by atoms with Crippen molar-refractivity contribution in [2.45, 2.75) is 63.3 Å². The van der Waals surface area contributed by atoms with E-state index in [1.54, 1.807) is 12.1 Å². The maximum atomic E-state index is 13.8. The van der Waals surface area contributed by atoms with Crippen molar-refractivity contribution in [3.63, 3.8) is 0 Å². The number of hydrogen-bond donors (Lipinski definition) is 1. The lowest BCUT2D eigenvalue weighted by molar-refractivity contribution is -0.0751. The summed E-state index contributed by atoms with van der Waals surface area (Å²) in [6.45, 7) is 0.239. The van der Waals surface area contributed by atoms with Gasteiger partial charge in [-0.15, -0.1) is 0 Å². The zero-order valence-electron chi connectivity index (χ0n) is 12.3. The first-order valence-corrected chi connectivity index (χ1v) is 7.91. The highest BCUT2D eigenvalue weighted by molar-refractivity contribution is 5.29. The average molecular weight is 294 g/mol. The van der Waals surface area contributed by atoms with Crippen LogP contribution >= 0.6 is 0 Å². The molecule has 0 amide bonds. The smallest absolute Gasteiger partial charge is 0.165 e. The summed E-state index contributed by atoms with van der Waals surface area (Å²) in [6.07, 6.45) is 8.31. The van der Waals surface area contributed by atoms with Gasteiger partial charge >= 0.3 is 0 Å². The van der Waals surface area contributed by atoms with E-state index in [-0.39, 0.29) is 24.1 Å². The number of ether oxygens (including phenoxy) is 2. The summed E-state index contributed by atoms with van der Waals surface area (Å²) in [6, 6.07) is 4.57. The summed E-state index contributed by atoms with van der Waals surface area (Å²) >= 11 is 0. The van der Waals surface area contributed by atoms with Crippen LogP contribution in [0.2, 0.25) is 0 Å². The molecule has 1 aromatic carbocycles. The number of aliphatic hydroxyl groups is 1. The van der Waals surface area contributed by atoms with Crippen LogP contribution in [0.1, 0.15) is 50.5 Å². The van der Waals surface area contributed by atoms with Gasteiger partial charge in [0.2, 0.25) is 0 Å². The predicted molar refractivity (Wildman–Crippen MR) is 77.7 cm³/mol. The molecule has 2 fully saturated rings. The highest BCUT2D eigenvalue weighted by atomic mass is 19.1. The van der Waals surface area contributed by atoms with Crippen LogP contribution in [0.5, 0.6) is 5.75 Å². The molecule has 1 aliphatic heterocycles. The highest BCUT2D eigenvalue weighted by Crippen LogP contribution is 2.42. The average Bonchev–Trinajstić information content (AvgIpc) is 2.89. The van der Waals surface area contributed by atoms with Gasteiger partial charge in [0.1, 0.15) is 6.61 Å². The van der Waals surface area contributed by atoms with Crippen LogP contribution in [0.25, 0.3) is 0 Å². The van der Waals surface area contributed by atoms with E-state index in [0.717, 1.165) is 25.7 Å². The Labute approximate surface area is 125 Å². The molecule has 3 nitrogen and oxygen atoms in total. The van der Waals surface area contributed by atoms with Crippen molar-refractivity contribution in [3.05, 3.63) is 29.6 Å². The molecule has 1 heterocycles. The zero-order chi connectivity index (χ0) is 14.7. The van der Waals surface area contributed by atoms with E-state index in [9.17, 15) is 4.39 Å². The third-order valence-electron chi connectivity index (χ3n) is 4.71. The van der Waals surface area contributed by atoms with Gasteiger partial charge < -0.3 is 14.6 Å². The van der Waals surface area contributed by atoms with Gasteiger partial charge in [0.05, 0.1) is 18.3 Å². The molecule has 0 aromatic heterocycles. The lowest BCUT2D eigenvalue weighted by Gasteiger charge is -2.33. The van der Waals surface area contributed by atoms with Crippen molar-refractivity contribution in [3.8, 4) is 5.75 Å². The van der Waals surface area contributed by atoms with E-state index in [2.05, 4.69) is 0 Å². The summed E-state index contributed by atoms with van der Waals surface area (Å²) in [4.78, 5) is 0. The normalized spacial score (nSPS) is 24.4. The van der Waals surface area contributed by atoms with E-state index in [1.165, 1.54) is 25.3 Å². The monoisotopic (exact) mass is 294 g/mol. The van der Waals surface area contributed by atoms with Crippen LogP contribution in [0.4, 0.5) is 4.39 Å². The molecule has 4 heteroatoms. The standard InChI is InChI=1S/C17H23FO3/c18-15-10-13(11-19)4-5-16(15)20-12-14-6-9-17(21-14)7-2-1-3-8-17/h4-5,10,14,19H,1-3,6-9,11-12H2. The molecule has 1 atom stereocenters. The SMILES string of the molecule is OCc1ccc(OCC2CCC3(CCCCC3)O2)c(F)c1. The van der Waals surface area contributed by atoms with Crippen LogP contribution in [-0.4, -0.2) is 23.4 Å². The Morgan fingerprint density at radius 2 is 2.05 bits per heavy atom. The fraction of sp³-hybridized carbons (Fsp3) is 0.647. The molecule has 0 radical (unpaired) electrons. The summed E-state index contributed by atoms with van der Waals surface area (Å²) in [7, 11) is 0. The minimum atomic E-state index is -0.424. The van der Waals surface area contributed by atoms with E-state index in [0.29, 0.717) is 12.2 Å². The number of aliphatic hydroxyl groups excluding tert-OH is 1. The molecular weight excluding hydrogens is 271 g/mol. The third kappa shape index (κ3) is 3.38. The minimum Gasteiger partial charge on any atom is -0.488 e. The Morgan fingerprint density at radius 1 is 1.24 bits per heavy atom. The van der Waals surface area contributed by atoms with Crippen LogP contribution in [-0.2, 0) is 11.3 Å². The first-order valence-electron chi connectivity index (χ1n) is 7.91. The van der Waals surface area contributed by atoms with Crippen molar-refractivity contribution in [1.82, 2.24) is 0 Å². The van der Waals surface area contributed by atoms with Gasteiger partial charge in [-0.05, 0) is 43.4 Å². The van der Waals surface area contributed by atoms with Crippen LogP contribution in [0, 0.1) is 5.82 Å². The molecule has 2 aliphatic rings. The van der Waals surface area contributed by atoms with E-state index < -0.39 is 5.82 Å². The Hall–Kier alpha value is -1.13. The van der Waals surface area contributed by atoms with Crippen molar-refractivity contribution in [2.24, 2.45) is 0 Å². The third-order valence-corrected chi connectivity index (χ3v) is 4.71. The summed E-state index contributed by atoms with van der Waals surface area (Å²) < 4.78 is 25.6. The van der Waals surface area contributed by atoms with Crippen LogP contribution in [0.15, 0.2) is 18.2 Å². The van der Waals surface area contributed by atoms with Gasteiger partial charge in [0.15, 0.2) is 11.6 Å². The predicted octanol–water partition coefficient (Wildman–Crippen LogP) is 3.58. The Bertz CT molecular complexity index is 483. The molecule has 116 valence electrons. The summed E-state index contributed by atoms with van der Waals surface area (Å²) in [5.41, 5.74) is 0.629. The Morgan fingerprint density at radius 3 is 2.76 bits per heavy atom. The fourth-order valence-electron chi connectivity index (χ4n) is 3.52. The van der Waals surface area contributed by atoms with Crippen molar-refractivity contribution in [2.75, 3.05) is 6.61 Å². The molecule has 0 bridgehead atoms. The maximum Gasteiger partial charge on any atom is 0.165 e. The molecule has 3 rings (SSSR count). The number of rotatable bonds is 4. The number of hydrogen-bond acceptors (Lipinski definition) is 3. The maximum absolute atomic E-state index is 13.8. The molecule has 1 aliphatic carbocycles. The van der Waals surface area contributed by atoms with Gasteiger partial charge in [-0.1, -0.05) is 25.3 Å². The molecular formula is C17H23FO3. The Balaban J connectivity index is 1.54. The van der Waals surface area contributed by atoms with Crippen molar-refractivity contribution in [1.29, 1.82) is 0 Å². The van der Waals surface area contributed by atoms with E-state index in [4.69, 9.17) is 14.6 Å².